The molecule has 10 nitrogen and oxygen atoms in total. The molecule has 0 bridgehead atoms. The standard InChI is InChI=1S/C26H27N5O5/c1-3-29-17-27-24-23(29)25(33)31(26(34)30(24)13-18-9-5-4-6-10-18)15-22(32)28(2)14-19-16-35-20-11-7-8-12-21(20)36-19/h4-12,17,19H,3,13-16H2,1-2H3/t19-/m1/s1. The first kappa shape index (κ1) is 23.4. The maximum Gasteiger partial charge on any atom is 0.333 e. The summed E-state index contributed by atoms with van der Waals surface area (Å²) in [6.45, 7) is 2.77. The molecule has 0 N–H and O–H groups in total. The van der Waals surface area contributed by atoms with Gasteiger partial charge >= 0.3 is 5.69 Å². The second-order valence-corrected chi connectivity index (χ2v) is 8.72. The Morgan fingerprint density at radius 1 is 1.06 bits per heavy atom. The number of ether oxygens (including phenoxy) is 2. The van der Waals surface area contributed by atoms with Crippen LogP contribution in [0.15, 0.2) is 70.5 Å². The van der Waals surface area contributed by atoms with E-state index in [9.17, 15) is 14.4 Å². The quantitative estimate of drug-likeness (QED) is 0.392. The van der Waals surface area contributed by atoms with Gasteiger partial charge in [-0.1, -0.05) is 42.5 Å². The van der Waals surface area contributed by atoms with E-state index >= 15 is 0 Å². The van der Waals surface area contributed by atoms with E-state index < -0.39 is 17.8 Å². The summed E-state index contributed by atoms with van der Waals surface area (Å²) in [4.78, 5) is 45.7. The summed E-state index contributed by atoms with van der Waals surface area (Å²) in [5.41, 5.74) is 0.371. The second kappa shape index (κ2) is 9.73. The molecular formula is C26H27N5O5. The molecule has 10 heteroatoms. The summed E-state index contributed by atoms with van der Waals surface area (Å²) < 4.78 is 15.8. The van der Waals surface area contributed by atoms with Gasteiger partial charge in [0.1, 0.15) is 13.2 Å². The summed E-state index contributed by atoms with van der Waals surface area (Å²) >= 11 is 0. The van der Waals surface area contributed by atoms with Crippen LogP contribution in [0.5, 0.6) is 11.5 Å². The number of carbonyl (C=O) groups is 1. The Labute approximate surface area is 206 Å². The molecule has 0 saturated heterocycles. The fourth-order valence-corrected chi connectivity index (χ4v) is 4.34. The lowest BCUT2D eigenvalue weighted by atomic mass is 10.2. The molecule has 0 fully saturated rings. The zero-order valence-electron chi connectivity index (χ0n) is 20.2. The number of amides is 1. The van der Waals surface area contributed by atoms with E-state index in [1.807, 2.05) is 61.5 Å². The Hall–Kier alpha value is -4.34. The van der Waals surface area contributed by atoms with Crippen molar-refractivity contribution >= 4 is 17.1 Å². The molecule has 1 aliphatic rings. The van der Waals surface area contributed by atoms with Gasteiger partial charge in [-0.2, -0.15) is 0 Å². The number of fused-ring (bicyclic) bond motifs is 2. The number of benzene rings is 2. The maximum atomic E-state index is 13.5. The van der Waals surface area contributed by atoms with E-state index in [0.717, 1.165) is 10.1 Å². The van der Waals surface area contributed by atoms with Crippen LogP contribution in [0.2, 0.25) is 0 Å². The third-order valence-corrected chi connectivity index (χ3v) is 6.27. The van der Waals surface area contributed by atoms with Crippen LogP contribution in [0.3, 0.4) is 0 Å². The smallest absolute Gasteiger partial charge is 0.333 e. The Balaban J connectivity index is 1.42. The molecule has 0 spiro atoms. The minimum absolute atomic E-state index is 0.230. The minimum Gasteiger partial charge on any atom is -0.486 e. The van der Waals surface area contributed by atoms with Crippen LogP contribution in [-0.2, 0) is 24.4 Å². The Morgan fingerprint density at radius 3 is 2.53 bits per heavy atom. The van der Waals surface area contributed by atoms with E-state index in [0.29, 0.717) is 35.8 Å². The van der Waals surface area contributed by atoms with Gasteiger partial charge in [-0.15, -0.1) is 0 Å². The molecule has 2 aromatic carbocycles. The van der Waals surface area contributed by atoms with Crippen LogP contribution in [0.1, 0.15) is 12.5 Å². The van der Waals surface area contributed by atoms with Gasteiger partial charge < -0.3 is 18.9 Å². The van der Waals surface area contributed by atoms with Crippen molar-refractivity contribution in [1.29, 1.82) is 0 Å². The summed E-state index contributed by atoms with van der Waals surface area (Å²) in [6.07, 6.45) is 1.17. The van der Waals surface area contributed by atoms with Crippen molar-refractivity contribution in [3.63, 3.8) is 0 Å². The van der Waals surface area contributed by atoms with Gasteiger partial charge in [0.05, 0.1) is 19.4 Å². The van der Waals surface area contributed by atoms with Gasteiger partial charge in [-0.05, 0) is 24.6 Å². The Kier molecular flexibility index (Phi) is 6.32. The molecule has 186 valence electrons. The highest BCUT2D eigenvalue weighted by Gasteiger charge is 2.25. The molecule has 3 heterocycles. The van der Waals surface area contributed by atoms with Crippen molar-refractivity contribution in [3.8, 4) is 11.5 Å². The van der Waals surface area contributed by atoms with Crippen molar-refractivity contribution in [2.24, 2.45) is 0 Å². The number of hydrogen-bond donors (Lipinski definition) is 0. The minimum atomic E-state index is -0.578. The van der Waals surface area contributed by atoms with E-state index in [1.54, 1.807) is 17.9 Å². The highest BCUT2D eigenvalue weighted by Crippen LogP contribution is 2.30. The molecule has 1 amide bonds. The van der Waals surface area contributed by atoms with Crippen LogP contribution in [0.4, 0.5) is 0 Å². The normalized spacial score (nSPS) is 14.7. The van der Waals surface area contributed by atoms with Gasteiger partial charge in [0.25, 0.3) is 5.56 Å². The van der Waals surface area contributed by atoms with Gasteiger partial charge in [0.2, 0.25) is 5.91 Å². The fraction of sp³-hybridized carbons (Fsp3) is 0.308. The SMILES string of the molecule is CCn1cnc2c1c(=O)n(CC(=O)N(C)C[C@@H]1COc3ccccc3O1)c(=O)n2Cc1ccccc1. The summed E-state index contributed by atoms with van der Waals surface area (Å²) in [7, 11) is 1.62. The molecule has 2 aromatic heterocycles. The third-order valence-electron chi connectivity index (χ3n) is 6.27. The van der Waals surface area contributed by atoms with Gasteiger partial charge in [0, 0.05) is 13.6 Å². The molecule has 4 aromatic rings. The first-order valence-corrected chi connectivity index (χ1v) is 11.8. The fourth-order valence-electron chi connectivity index (χ4n) is 4.34. The summed E-state index contributed by atoms with van der Waals surface area (Å²) in [5.74, 6) is 0.895. The zero-order valence-corrected chi connectivity index (χ0v) is 20.2. The average molecular weight is 490 g/mol. The summed E-state index contributed by atoms with van der Waals surface area (Å²) in [5, 5.41) is 0. The molecular weight excluding hydrogens is 462 g/mol. The lowest BCUT2D eigenvalue weighted by molar-refractivity contribution is -0.132. The monoisotopic (exact) mass is 489 g/mol. The van der Waals surface area contributed by atoms with Crippen LogP contribution >= 0.6 is 0 Å². The van der Waals surface area contributed by atoms with Gasteiger partial charge in [0.15, 0.2) is 28.8 Å². The number of carbonyl (C=O) groups excluding carboxylic acids is 1. The highest BCUT2D eigenvalue weighted by molar-refractivity contribution is 5.76. The van der Waals surface area contributed by atoms with Crippen molar-refractivity contribution in [2.75, 3.05) is 20.2 Å². The predicted octanol–water partition coefficient (Wildman–Crippen LogP) is 1.73. The highest BCUT2D eigenvalue weighted by atomic mass is 16.6. The molecule has 36 heavy (non-hydrogen) atoms. The van der Waals surface area contributed by atoms with Gasteiger partial charge in [-0.3, -0.25) is 14.2 Å². The number of likely N-dealkylation sites (N-methyl/N-ethyl adjacent to an activating group) is 1. The summed E-state index contributed by atoms with van der Waals surface area (Å²) in [6, 6.07) is 16.8. The van der Waals surface area contributed by atoms with E-state index in [4.69, 9.17) is 9.47 Å². The first-order chi connectivity index (χ1) is 17.5. The van der Waals surface area contributed by atoms with Crippen molar-refractivity contribution in [2.45, 2.75) is 32.7 Å². The Morgan fingerprint density at radius 2 is 1.78 bits per heavy atom. The van der Waals surface area contributed by atoms with Crippen LogP contribution in [0, 0.1) is 0 Å². The largest absolute Gasteiger partial charge is 0.486 e. The number of para-hydroxylation sites is 2. The molecule has 5 rings (SSSR count). The predicted molar refractivity (Wildman–Crippen MR) is 133 cm³/mol. The molecule has 0 saturated carbocycles. The lowest BCUT2D eigenvalue weighted by Crippen LogP contribution is -2.47. The average Bonchev–Trinajstić information content (AvgIpc) is 3.34. The van der Waals surface area contributed by atoms with E-state index in [2.05, 4.69) is 4.98 Å². The number of rotatable bonds is 7. The number of nitrogens with zero attached hydrogens (tertiary/aromatic N) is 5. The third kappa shape index (κ3) is 4.37. The molecule has 0 unspecified atom stereocenters. The zero-order chi connectivity index (χ0) is 25.2. The second-order valence-electron chi connectivity index (χ2n) is 8.72. The number of aryl methyl sites for hydroxylation is 1. The topological polar surface area (TPSA) is 101 Å². The van der Waals surface area contributed by atoms with Crippen molar-refractivity contribution in [3.05, 3.63) is 87.3 Å². The molecule has 1 atom stereocenters. The number of hydrogen-bond acceptors (Lipinski definition) is 6. The maximum absolute atomic E-state index is 13.5. The van der Waals surface area contributed by atoms with E-state index in [1.165, 1.54) is 9.47 Å². The Bertz CT molecular complexity index is 1520. The van der Waals surface area contributed by atoms with Crippen LogP contribution in [0.25, 0.3) is 11.2 Å². The molecule has 0 aliphatic carbocycles. The van der Waals surface area contributed by atoms with Crippen molar-refractivity contribution in [1.82, 2.24) is 23.6 Å². The first-order valence-electron chi connectivity index (χ1n) is 11.8. The lowest BCUT2D eigenvalue weighted by Gasteiger charge is -2.29. The van der Waals surface area contributed by atoms with Crippen molar-refractivity contribution < 1.29 is 14.3 Å². The number of aromatic nitrogens is 4. The van der Waals surface area contributed by atoms with Crippen LogP contribution < -0.4 is 20.7 Å². The molecule has 0 radical (unpaired) electrons. The van der Waals surface area contributed by atoms with Crippen LogP contribution in [-0.4, -0.2) is 55.8 Å². The number of imidazole rings is 1. The molecule has 1 aliphatic heterocycles. The van der Waals surface area contributed by atoms with E-state index in [-0.39, 0.29) is 25.1 Å². The van der Waals surface area contributed by atoms with Gasteiger partial charge in [-0.25, -0.2) is 14.3 Å².